The highest BCUT2D eigenvalue weighted by atomic mass is 19.1. The van der Waals surface area contributed by atoms with Crippen LogP contribution in [0.25, 0.3) is 33.1 Å². The molecule has 0 unspecified atom stereocenters. The monoisotopic (exact) mass is 642 g/mol. The van der Waals surface area contributed by atoms with Gasteiger partial charge < -0.3 is 14.5 Å². The number of nitrogens with one attached hydrogen (secondary N) is 1. The number of hydrogen-bond donors (Lipinski definition) is 1. The fourth-order valence-corrected chi connectivity index (χ4v) is 9.33. The van der Waals surface area contributed by atoms with Crippen LogP contribution in [0.2, 0.25) is 0 Å². The Bertz CT molecular complexity index is 1910. The Morgan fingerprint density at radius 2 is 1.85 bits per heavy atom. The van der Waals surface area contributed by atoms with Crippen molar-refractivity contribution in [2.24, 2.45) is 5.41 Å². The fraction of sp³-hybridized carbons (Fsp3) is 0.571. The van der Waals surface area contributed by atoms with Gasteiger partial charge in [-0.15, -0.1) is 0 Å². The third-order valence-corrected chi connectivity index (χ3v) is 11.6. The number of alkyl halides is 1. The third kappa shape index (κ3) is 4.69. The maximum Gasteiger partial charge on any atom is 0.319 e. The first-order valence-corrected chi connectivity index (χ1v) is 17.2. The summed E-state index contributed by atoms with van der Waals surface area (Å²) in [7, 11) is 0. The van der Waals surface area contributed by atoms with E-state index in [0.717, 1.165) is 86.7 Å². The Hall–Kier alpha value is -3.93. The second-order valence-corrected chi connectivity index (χ2v) is 14.7. The van der Waals surface area contributed by atoms with Crippen molar-refractivity contribution < 1.29 is 18.3 Å². The van der Waals surface area contributed by atoms with Crippen LogP contribution in [0.5, 0.6) is 6.01 Å². The molecule has 4 saturated heterocycles. The van der Waals surface area contributed by atoms with Gasteiger partial charge in [0.15, 0.2) is 5.82 Å². The Kier molecular flexibility index (Phi) is 6.71. The van der Waals surface area contributed by atoms with E-state index in [1.54, 1.807) is 12.4 Å². The Balaban J connectivity index is 1.20. The maximum atomic E-state index is 17.1. The van der Waals surface area contributed by atoms with Crippen molar-refractivity contribution >= 4 is 33.5 Å². The predicted molar refractivity (Wildman–Crippen MR) is 174 cm³/mol. The lowest BCUT2D eigenvalue weighted by Gasteiger charge is -2.55. The summed E-state index contributed by atoms with van der Waals surface area (Å²) in [4.78, 5) is 34.1. The van der Waals surface area contributed by atoms with E-state index in [4.69, 9.17) is 19.7 Å². The van der Waals surface area contributed by atoms with Crippen molar-refractivity contribution in [3.63, 3.8) is 0 Å². The number of aromatic nitrogens is 5. The molecule has 7 aliphatic rings. The molecule has 4 aromatic rings. The van der Waals surface area contributed by atoms with E-state index in [9.17, 15) is 9.18 Å². The van der Waals surface area contributed by atoms with E-state index in [2.05, 4.69) is 20.0 Å². The SMILES string of the molecule is Cc1cc2[nH]ncc2c2c1CCCCC(=O)N1CC3(CCCN(C3)c3nc(OC[C@@]45CCCN4C[C@H](F)C5)nc4c(F)c-2ncc34)C1. The molecular weight excluding hydrogens is 602 g/mol. The van der Waals surface area contributed by atoms with Gasteiger partial charge in [0.25, 0.3) is 0 Å². The van der Waals surface area contributed by atoms with Gasteiger partial charge in [-0.1, -0.05) is 0 Å². The van der Waals surface area contributed by atoms with Crippen LogP contribution in [0.1, 0.15) is 62.5 Å². The molecular formula is C35H40F2N8O2. The van der Waals surface area contributed by atoms with E-state index >= 15 is 4.39 Å². The topological polar surface area (TPSA) is 103 Å². The molecule has 0 saturated carbocycles. The molecule has 10 nitrogen and oxygen atoms in total. The molecule has 11 rings (SSSR count). The molecule has 7 bridgehead atoms. The second kappa shape index (κ2) is 10.8. The van der Waals surface area contributed by atoms with Crippen LogP contribution in [-0.2, 0) is 11.2 Å². The minimum atomic E-state index is -0.879. The summed E-state index contributed by atoms with van der Waals surface area (Å²) in [6, 6.07) is 2.15. The number of halogens is 2. The molecule has 7 aliphatic heterocycles. The van der Waals surface area contributed by atoms with Crippen LogP contribution < -0.4 is 9.64 Å². The molecule has 47 heavy (non-hydrogen) atoms. The number of piperidine rings is 1. The highest BCUT2D eigenvalue weighted by Crippen LogP contribution is 2.44. The molecule has 3 aromatic heterocycles. The van der Waals surface area contributed by atoms with E-state index in [-0.39, 0.29) is 40.7 Å². The van der Waals surface area contributed by atoms with E-state index in [1.807, 2.05) is 17.9 Å². The molecule has 1 N–H and O–H groups in total. The summed E-state index contributed by atoms with van der Waals surface area (Å²) in [6.45, 7) is 6.50. The summed E-state index contributed by atoms with van der Waals surface area (Å²) in [5.41, 5.74) is 3.52. The van der Waals surface area contributed by atoms with Crippen LogP contribution in [0, 0.1) is 18.2 Å². The minimum Gasteiger partial charge on any atom is -0.461 e. The van der Waals surface area contributed by atoms with Gasteiger partial charge in [0.1, 0.15) is 29.8 Å². The molecule has 12 heteroatoms. The van der Waals surface area contributed by atoms with Crippen molar-refractivity contribution in [2.75, 3.05) is 50.8 Å². The normalized spacial score (nSPS) is 25.8. The van der Waals surface area contributed by atoms with Gasteiger partial charge in [0.05, 0.1) is 22.6 Å². The van der Waals surface area contributed by atoms with Gasteiger partial charge in [0, 0.05) is 68.1 Å². The van der Waals surface area contributed by atoms with Gasteiger partial charge in [-0.3, -0.25) is 19.8 Å². The van der Waals surface area contributed by atoms with Crippen LogP contribution in [0.4, 0.5) is 14.6 Å². The van der Waals surface area contributed by atoms with E-state index in [0.29, 0.717) is 49.1 Å². The number of aryl methyl sites for hydroxylation is 1. The van der Waals surface area contributed by atoms with Crippen molar-refractivity contribution in [3.05, 3.63) is 35.4 Å². The Labute approximate surface area is 271 Å². The fourth-order valence-electron chi connectivity index (χ4n) is 9.33. The molecule has 10 heterocycles. The molecule has 0 radical (unpaired) electrons. The standard InChI is InChI=1S/C35H40F2N8O2/c1-21-12-26-24(15-39-42-26)28-23(21)6-2-3-7-27(46)44-18-34(19-44)8-4-10-43(17-34)32-25-14-38-31(28)29(37)30(25)40-33(41-32)47-20-35-9-5-11-45(35)16-22(36)13-35/h12,14-15,22H,2-11,13,16-20H2,1H3,(H,39,42)/t22-,35+/m1/s1. The lowest BCUT2D eigenvalue weighted by atomic mass is 9.73. The smallest absolute Gasteiger partial charge is 0.319 e. The van der Waals surface area contributed by atoms with Gasteiger partial charge >= 0.3 is 6.01 Å². The number of amides is 1. The molecule has 0 aliphatic carbocycles. The van der Waals surface area contributed by atoms with Gasteiger partial charge in [-0.25, -0.2) is 8.78 Å². The zero-order valence-corrected chi connectivity index (χ0v) is 26.8. The number of carbonyl (C=O) groups is 1. The number of rotatable bonds is 3. The quantitative estimate of drug-likeness (QED) is 0.329. The molecule has 1 amide bonds. The summed E-state index contributed by atoms with van der Waals surface area (Å²) in [6.07, 6.45) is 9.58. The lowest BCUT2D eigenvalue weighted by Crippen LogP contribution is -2.64. The average Bonchev–Trinajstić information content (AvgIpc) is 3.75. The number of hydrogen-bond acceptors (Lipinski definition) is 8. The van der Waals surface area contributed by atoms with Crippen LogP contribution in [0.3, 0.4) is 0 Å². The number of benzene rings is 1. The number of nitrogens with zero attached hydrogens (tertiary/aromatic N) is 7. The zero-order valence-electron chi connectivity index (χ0n) is 26.8. The number of H-pyrrole nitrogens is 1. The highest BCUT2D eigenvalue weighted by molar-refractivity contribution is 5.99. The number of pyridine rings is 1. The van der Waals surface area contributed by atoms with Crippen LogP contribution in [-0.4, -0.2) is 98.4 Å². The van der Waals surface area contributed by atoms with Gasteiger partial charge in [-0.2, -0.15) is 15.1 Å². The molecule has 246 valence electrons. The third-order valence-electron chi connectivity index (χ3n) is 11.6. The molecule has 1 aromatic carbocycles. The summed E-state index contributed by atoms with van der Waals surface area (Å²) in [5, 5.41) is 8.67. The first kappa shape index (κ1) is 29.2. The first-order valence-electron chi connectivity index (χ1n) is 17.2. The van der Waals surface area contributed by atoms with Gasteiger partial charge in [0.2, 0.25) is 5.91 Å². The van der Waals surface area contributed by atoms with Crippen molar-refractivity contribution in [1.29, 1.82) is 0 Å². The summed E-state index contributed by atoms with van der Waals surface area (Å²) in [5.74, 6) is 0.295. The van der Waals surface area contributed by atoms with Crippen molar-refractivity contribution in [2.45, 2.75) is 76.4 Å². The van der Waals surface area contributed by atoms with Crippen LogP contribution >= 0.6 is 0 Å². The number of aromatic amines is 1. The number of ether oxygens (including phenoxy) is 1. The first-order chi connectivity index (χ1) is 22.8. The van der Waals surface area contributed by atoms with E-state index in [1.165, 1.54) is 0 Å². The predicted octanol–water partition coefficient (Wildman–Crippen LogP) is 5.13. The van der Waals surface area contributed by atoms with Crippen LogP contribution in [0.15, 0.2) is 18.5 Å². The zero-order chi connectivity index (χ0) is 31.9. The Morgan fingerprint density at radius 1 is 1.02 bits per heavy atom. The summed E-state index contributed by atoms with van der Waals surface area (Å²) < 4.78 is 38.1. The molecule has 4 fully saturated rings. The average molecular weight is 643 g/mol. The number of anilines is 1. The largest absolute Gasteiger partial charge is 0.461 e. The minimum absolute atomic E-state index is 0.0182. The Morgan fingerprint density at radius 3 is 2.74 bits per heavy atom. The molecule has 2 atom stereocenters. The number of fused-ring (bicyclic) bond motifs is 2. The van der Waals surface area contributed by atoms with Crippen molar-refractivity contribution in [3.8, 4) is 17.3 Å². The van der Waals surface area contributed by atoms with Gasteiger partial charge in [-0.05, 0) is 75.6 Å². The van der Waals surface area contributed by atoms with Crippen molar-refractivity contribution in [1.82, 2.24) is 34.9 Å². The van der Waals surface area contributed by atoms with E-state index < -0.39 is 12.0 Å². The highest BCUT2D eigenvalue weighted by Gasteiger charge is 2.50. The number of carbonyl (C=O) groups excluding carboxylic acids is 1. The second-order valence-electron chi connectivity index (χ2n) is 14.7. The lowest BCUT2D eigenvalue weighted by molar-refractivity contribution is -0.144. The molecule has 1 spiro atoms. The summed E-state index contributed by atoms with van der Waals surface area (Å²) >= 11 is 0. The maximum absolute atomic E-state index is 17.1.